The number of furan rings is 1. The summed E-state index contributed by atoms with van der Waals surface area (Å²) in [7, 11) is 0. The molecule has 1 unspecified atom stereocenters. The van der Waals surface area contributed by atoms with E-state index >= 15 is 0 Å². The van der Waals surface area contributed by atoms with Gasteiger partial charge in [-0.05, 0) is 19.4 Å². The van der Waals surface area contributed by atoms with Gasteiger partial charge in [0.2, 0.25) is 0 Å². The monoisotopic (exact) mass is 314 g/mol. The Labute approximate surface area is 129 Å². The van der Waals surface area contributed by atoms with E-state index in [1.165, 1.54) is 0 Å². The fourth-order valence-corrected chi connectivity index (χ4v) is 2.94. The Morgan fingerprint density at radius 2 is 2.23 bits per heavy atom. The predicted octanol–water partition coefficient (Wildman–Crippen LogP) is 3.18. The lowest BCUT2D eigenvalue weighted by Gasteiger charge is -2.26. The van der Waals surface area contributed by atoms with E-state index in [0.29, 0.717) is 6.61 Å². The highest BCUT2D eigenvalue weighted by Gasteiger charge is 2.56. The molecule has 0 saturated carbocycles. The molecule has 2 saturated heterocycles. The molecule has 2 fully saturated rings. The van der Waals surface area contributed by atoms with Crippen LogP contribution in [0.5, 0.6) is 0 Å². The Balaban J connectivity index is 1.66. The van der Waals surface area contributed by atoms with Crippen molar-refractivity contribution in [1.29, 1.82) is 0 Å². The molecular weight excluding hydrogens is 291 g/mol. The van der Waals surface area contributed by atoms with E-state index in [9.17, 15) is 4.39 Å². The van der Waals surface area contributed by atoms with Crippen LogP contribution in [0.1, 0.15) is 38.7 Å². The lowest BCUT2D eigenvalue weighted by Crippen LogP contribution is -2.38. The number of hydrogen-bond donors (Lipinski definition) is 0. The molecule has 124 valence electrons. The van der Waals surface area contributed by atoms with E-state index in [2.05, 4.69) is 6.92 Å². The standard InChI is InChI=1S/C16H23FO5/c1-3-4-5-12-13(19-9-11-6-7-18-8-11)14-15(20-12)22-16(2,10-17)21-14/h6-8,12-15H,3-5,9-10H2,1-2H3/t12-,13+,14-,15-,16?/m1/s1. The first kappa shape index (κ1) is 15.9. The van der Waals surface area contributed by atoms with Crippen LogP contribution < -0.4 is 0 Å². The van der Waals surface area contributed by atoms with Crippen molar-refractivity contribution in [2.24, 2.45) is 0 Å². The molecule has 1 aromatic heterocycles. The molecule has 1 aromatic rings. The van der Waals surface area contributed by atoms with E-state index in [1.54, 1.807) is 19.5 Å². The van der Waals surface area contributed by atoms with Gasteiger partial charge in [0.1, 0.15) is 18.9 Å². The second-order valence-electron chi connectivity index (χ2n) is 6.06. The van der Waals surface area contributed by atoms with Gasteiger partial charge in [0.05, 0.1) is 25.2 Å². The minimum atomic E-state index is -1.23. The van der Waals surface area contributed by atoms with Crippen molar-refractivity contribution in [2.75, 3.05) is 6.67 Å². The van der Waals surface area contributed by atoms with Gasteiger partial charge < -0.3 is 23.4 Å². The van der Waals surface area contributed by atoms with Crippen molar-refractivity contribution in [1.82, 2.24) is 0 Å². The lowest BCUT2D eigenvalue weighted by atomic mass is 10.1. The fraction of sp³-hybridized carbons (Fsp3) is 0.750. The molecule has 0 aliphatic carbocycles. The van der Waals surface area contributed by atoms with E-state index in [1.807, 2.05) is 6.07 Å². The summed E-state index contributed by atoms with van der Waals surface area (Å²) in [6.07, 6.45) is 4.93. The predicted molar refractivity (Wildman–Crippen MR) is 75.8 cm³/mol. The number of ether oxygens (including phenoxy) is 4. The summed E-state index contributed by atoms with van der Waals surface area (Å²) >= 11 is 0. The van der Waals surface area contributed by atoms with Gasteiger partial charge in [0.15, 0.2) is 12.1 Å². The molecule has 2 aliphatic heterocycles. The molecule has 3 rings (SSSR count). The van der Waals surface area contributed by atoms with Gasteiger partial charge in [0, 0.05) is 5.56 Å². The number of hydrogen-bond acceptors (Lipinski definition) is 5. The van der Waals surface area contributed by atoms with Crippen LogP contribution in [-0.2, 0) is 25.6 Å². The first-order chi connectivity index (χ1) is 10.6. The van der Waals surface area contributed by atoms with Crippen LogP contribution in [0.2, 0.25) is 0 Å². The summed E-state index contributed by atoms with van der Waals surface area (Å²) in [4.78, 5) is 0. The SMILES string of the molecule is CCCC[C@H]1O[C@@H]2OC(C)(CF)O[C@@H]2[C@H]1OCc1ccoc1. The number of fused-ring (bicyclic) bond motifs is 1. The second-order valence-corrected chi connectivity index (χ2v) is 6.06. The molecule has 5 nitrogen and oxygen atoms in total. The molecule has 0 N–H and O–H groups in total. The van der Waals surface area contributed by atoms with Crippen LogP contribution >= 0.6 is 0 Å². The zero-order valence-electron chi connectivity index (χ0n) is 13.0. The highest BCUT2D eigenvalue weighted by atomic mass is 19.1. The van der Waals surface area contributed by atoms with E-state index in [4.69, 9.17) is 23.4 Å². The van der Waals surface area contributed by atoms with Crippen molar-refractivity contribution in [3.05, 3.63) is 24.2 Å². The Morgan fingerprint density at radius 3 is 2.91 bits per heavy atom. The molecule has 0 spiro atoms. The maximum absolute atomic E-state index is 13.1. The van der Waals surface area contributed by atoms with Crippen LogP contribution in [0.4, 0.5) is 4.39 Å². The van der Waals surface area contributed by atoms with Crippen LogP contribution in [0.25, 0.3) is 0 Å². The maximum Gasteiger partial charge on any atom is 0.197 e. The zero-order valence-corrected chi connectivity index (χ0v) is 13.0. The van der Waals surface area contributed by atoms with Gasteiger partial charge >= 0.3 is 0 Å². The van der Waals surface area contributed by atoms with Crippen LogP contribution in [0.15, 0.2) is 23.0 Å². The molecule has 6 heteroatoms. The molecule has 2 aliphatic rings. The summed E-state index contributed by atoms with van der Waals surface area (Å²) in [5, 5.41) is 0. The quantitative estimate of drug-likeness (QED) is 0.773. The number of unbranched alkanes of at least 4 members (excludes halogenated alkanes) is 1. The van der Waals surface area contributed by atoms with Crippen molar-refractivity contribution >= 4 is 0 Å². The Kier molecular flexibility index (Phi) is 4.82. The molecule has 0 amide bonds. The topological polar surface area (TPSA) is 50.1 Å². The summed E-state index contributed by atoms with van der Waals surface area (Å²) in [6, 6.07) is 1.85. The third kappa shape index (κ3) is 3.20. The van der Waals surface area contributed by atoms with Gasteiger partial charge in [-0.25, -0.2) is 4.39 Å². The highest BCUT2D eigenvalue weighted by Crippen LogP contribution is 2.40. The van der Waals surface area contributed by atoms with Crippen LogP contribution in [0, 0.1) is 0 Å². The zero-order chi connectivity index (χ0) is 15.6. The Morgan fingerprint density at radius 1 is 1.36 bits per heavy atom. The number of rotatable bonds is 7. The van der Waals surface area contributed by atoms with Gasteiger partial charge in [-0.1, -0.05) is 19.8 Å². The summed E-state index contributed by atoms with van der Waals surface area (Å²) in [5.74, 6) is -1.23. The van der Waals surface area contributed by atoms with Crippen molar-refractivity contribution in [3.63, 3.8) is 0 Å². The third-order valence-corrected chi connectivity index (χ3v) is 4.13. The first-order valence-electron chi connectivity index (χ1n) is 7.85. The van der Waals surface area contributed by atoms with Gasteiger partial charge in [-0.3, -0.25) is 0 Å². The smallest absolute Gasteiger partial charge is 0.197 e. The Hall–Kier alpha value is -0.950. The van der Waals surface area contributed by atoms with Crippen LogP contribution in [0.3, 0.4) is 0 Å². The minimum absolute atomic E-state index is 0.0917. The minimum Gasteiger partial charge on any atom is -0.472 e. The van der Waals surface area contributed by atoms with E-state index in [-0.39, 0.29) is 12.2 Å². The molecule has 3 heterocycles. The van der Waals surface area contributed by atoms with E-state index in [0.717, 1.165) is 24.8 Å². The molecule has 0 aromatic carbocycles. The van der Waals surface area contributed by atoms with Crippen molar-refractivity contribution in [2.45, 2.75) is 70.1 Å². The molecular formula is C16H23FO5. The molecule has 5 atom stereocenters. The lowest BCUT2D eigenvalue weighted by molar-refractivity contribution is -0.234. The summed E-state index contributed by atoms with van der Waals surface area (Å²) < 4.78 is 41.3. The van der Waals surface area contributed by atoms with Crippen molar-refractivity contribution in [3.8, 4) is 0 Å². The van der Waals surface area contributed by atoms with Gasteiger partial charge in [-0.2, -0.15) is 0 Å². The molecule has 0 bridgehead atoms. The molecule has 0 radical (unpaired) electrons. The Bertz CT molecular complexity index is 465. The number of halogens is 1. The van der Waals surface area contributed by atoms with Gasteiger partial charge in [-0.15, -0.1) is 0 Å². The second kappa shape index (κ2) is 6.66. The van der Waals surface area contributed by atoms with E-state index < -0.39 is 24.9 Å². The maximum atomic E-state index is 13.1. The third-order valence-electron chi connectivity index (χ3n) is 4.13. The first-order valence-corrected chi connectivity index (χ1v) is 7.85. The summed E-state index contributed by atoms with van der Waals surface area (Å²) in [5.41, 5.74) is 0.949. The molecule has 22 heavy (non-hydrogen) atoms. The normalized spacial score (nSPS) is 37.6. The largest absolute Gasteiger partial charge is 0.472 e. The van der Waals surface area contributed by atoms with Crippen molar-refractivity contribution < 1.29 is 27.8 Å². The number of alkyl halides is 1. The van der Waals surface area contributed by atoms with Gasteiger partial charge in [0.25, 0.3) is 0 Å². The average molecular weight is 314 g/mol. The average Bonchev–Trinajstić information content (AvgIpc) is 3.19. The summed E-state index contributed by atoms with van der Waals surface area (Å²) in [6.45, 7) is 3.41. The fourth-order valence-electron chi connectivity index (χ4n) is 2.94. The highest BCUT2D eigenvalue weighted by molar-refractivity contribution is 5.04. The van der Waals surface area contributed by atoms with Crippen LogP contribution in [-0.4, -0.2) is 37.1 Å².